The molecule has 0 bridgehead atoms. The molecule has 0 atom stereocenters. The van der Waals surface area contributed by atoms with Crippen LogP contribution in [-0.4, -0.2) is 20.9 Å². The summed E-state index contributed by atoms with van der Waals surface area (Å²) in [5.74, 6) is -0.965. The van der Waals surface area contributed by atoms with E-state index in [1.165, 1.54) is 13.0 Å². The molecule has 2 N–H and O–H groups in total. The van der Waals surface area contributed by atoms with Crippen LogP contribution in [-0.2, 0) is 21.2 Å². The number of carbonyl (C=O) groups is 1. The van der Waals surface area contributed by atoms with Crippen molar-refractivity contribution in [2.24, 2.45) is 0 Å². The molecule has 7 heteroatoms. The van der Waals surface area contributed by atoms with E-state index in [9.17, 15) is 17.6 Å². The van der Waals surface area contributed by atoms with Gasteiger partial charge in [-0.1, -0.05) is 19.1 Å². The fourth-order valence-electron chi connectivity index (χ4n) is 2.10. The fourth-order valence-corrected chi connectivity index (χ4v) is 3.17. The first-order chi connectivity index (χ1) is 11.3. The zero-order valence-electron chi connectivity index (χ0n) is 13.5. The van der Waals surface area contributed by atoms with Crippen LogP contribution >= 0.6 is 0 Å². The molecule has 1 amide bonds. The van der Waals surface area contributed by atoms with Crippen molar-refractivity contribution >= 4 is 21.6 Å². The minimum Gasteiger partial charge on any atom is -0.325 e. The van der Waals surface area contributed by atoms with Gasteiger partial charge in [0.1, 0.15) is 5.82 Å². The lowest BCUT2D eigenvalue weighted by atomic mass is 10.1. The molecule has 0 aromatic heterocycles. The van der Waals surface area contributed by atoms with E-state index in [0.29, 0.717) is 5.69 Å². The van der Waals surface area contributed by atoms with E-state index in [1.54, 1.807) is 6.07 Å². The molecule has 2 aromatic carbocycles. The van der Waals surface area contributed by atoms with Crippen LogP contribution in [0.2, 0.25) is 0 Å². The lowest BCUT2D eigenvalue weighted by molar-refractivity contribution is -0.115. The summed E-state index contributed by atoms with van der Waals surface area (Å²) < 4.78 is 39.7. The highest BCUT2D eigenvalue weighted by Crippen LogP contribution is 2.14. The number of hydrogen-bond donors (Lipinski definition) is 2. The number of hydrogen-bond acceptors (Lipinski definition) is 3. The summed E-state index contributed by atoms with van der Waals surface area (Å²) in [7, 11) is -3.88. The molecule has 0 saturated heterocycles. The van der Waals surface area contributed by atoms with Crippen LogP contribution < -0.4 is 10.0 Å². The van der Waals surface area contributed by atoms with Crippen molar-refractivity contribution in [3.63, 3.8) is 0 Å². The summed E-state index contributed by atoms with van der Waals surface area (Å²) in [6.07, 6.45) is 0.834. The summed E-state index contributed by atoms with van der Waals surface area (Å²) in [5.41, 5.74) is 1.89. The van der Waals surface area contributed by atoms with Crippen molar-refractivity contribution in [3.8, 4) is 0 Å². The van der Waals surface area contributed by atoms with Crippen molar-refractivity contribution in [1.29, 1.82) is 0 Å². The molecule has 0 saturated carbocycles. The summed E-state index contributed by atoms with van der Waals surface area (Å²) in [6, 6.07) is 10.8. The Bertz CT molecular complexity index is 851. The summed E-state index contributed by atoms with van der Waals surface area (Å²) in [4.78, 5) is 11.8. The van der Waals surface area contributed by atoms with Gasteiger partial charge in [-0.25, -0.2) is 17.5 Å². The molecule has 0 aliphatic heterocycles. The summed E-state index contributed by atoms with van der Waals surface area (Å²) in [5, 5.41) is 2.64. The van der Waals surface area contributed by atoms with Gasteiger partial charge in [-0.2, -0.15) is 0 Å². The Kier molecular flexibility index (Phi) is 5.69. The van der Waals surface area contributed by atoms with Crippen molar-refractivity contribution in [2.45, 2.75) is 25.2 Å². The molecule has 0 spiro atoms. The predicted molar refractivity (Wildman–Crippen MR) is 90.8 cm³/mol. The Labute approximate surface area is 141 Å². The molecule has 0 heterocycles. The van der Waals surface area contributed by atoms with Gasteiger partial charge in [-0.3, -0.25) is 4.79 Å². The van der Waals surface area contributed by atoms with Gasteiger partial charge in [0.15, 0.2) is 0 Å². The van der Waals surface area contributed by atoms with E-state index >= 15 is 0 Å². The zero-order chi connectivity index (χ0) is 17.7. The number of aryl methyl sites for hydroxylation is 2. The molecule has 2 rings (SSSR count). The van der Waals surface area contributed by atoms with Crippen molar-refractivity contribution in [3.05, 3.63) is 59.4 Å². The number of carbonyl (C=O) groups excluding carboxylic acids is 1. The number of sulfonamides is 1. The summed E-state index contributed by atoms with van der Waals surface area (Å²) in [6.45, 7) is 3.07. The van der Waals surface area contributed by atoms with Gasteiger partial charge in [-0.05, 0) is 54.8 Å². The third-order valence-corrected chi connectivity index (χ3v) is 4.88. The van der Waals surface area contributed by atoms with Crippen LogP contribution in [0.15, 0.2) is 47.4 Å². The maximum absolute atomic E-state index is 13.2. The van der Waals surface area contributed by atoms with Crippen LogP contribution in [0.5, 0.6) is 0 Å². The van der Waals surface area contributed by atoms with Gasteiger partial charge in [0.05, 0.1) is 11.4 Å². The van der Waals surface area contributed by atoms with Crippen molar-refractivity contribution in [1.82, 2.24) is 4.72 Å². The highest BCUT2D eigenvalue weighted by atomic mass is 32.2. The lowest BCUT2D eigenvalue weighted by Crippen LogP contribution is -2.33. The first kappa shape index (κ1) is 18.1. The Hall–Kier alpha value is -2.25. The van der Waals surface area contributed by atoms with Gasteiger partial charge < -0.3 is 5.32 Å². The number of halogens is 1. The van der Waals surface area contributed by atoms with Gasteiger partial charge in [-0.15, -0.1) is 0 Å². The monoisotopic (exact) mass is 350 g/mol. The number of nitrogens with one attached hydrogen (secondary N) is 2. The van der Waals surface area contributed by atoms with Crippen molar-refractivity contribution in [2.75, 3.05) is 11.9 Å². The SMILES string of the molecule is CCc1cccc(NC(=O)CNS(=O)(=O)c2ccc(F)c(C)c2)c1. The molecule has 0 fully saturated rings. The molecule has 128 valence electrons. The molecule has 0 aliphatic rings. The highest BCUT2D eigenvalue weighted by Gasteiger charge is 2.16. The number of anilines is 1. The van der Waals surface area contributed by atoms with Gasteiger partial charge in [0.2, 0.25) is 15.9 Å². The third-order valence-electron chi connectivity index (χ3n) is 3.48. The smallest absolute Gasteiger partial charge is 0.241 e. The third kappa shape index (κ3) is 4.62. The molecule has 2 aromatic rings. The number of benzene rings is 2. The number of rotatable bonds is 6. The molecule has 0 aliphatic carbocycles. The van der Waals surface area contributed by atoms with Crippen LogP contribution in [0.25, 0.3) is 0 Å². The zero-order valence-corrected chi connectivity index (χ0v) is 14.3. The molecule has 0 radical (unpaired) electrons. The van der Waals surface area contributed by atoms with Crippen LogP contribution in [0, 0.1) is 12.7 Å². The predicted octanol–water partition coefficient (Wildman–Crippen LogP) is 2.61. The molecule has 24 heavy (non-hydrogen) atoms. The molecular formula is C17H19FN2O3S. The first-order valence-electron chi connectivity index (χ1n) is 7.46. The summed E-state index contributed by atoms with van der Waals surface area (Å²) >= 11 is 0. The maximum atomic E-state index is 13.2. The minimum absolute atomic E-state index is 0.0813. The average molecular weight is 350 g/mol. The lowest BCUT2D eigenvalue weighted by Gasteiger charge is -2.09. The number of amides is 1. The standard InChI is InChI=1S/C17H19FN2O3S/c1-3-13-5-4-6-14(10-13)20-17(21)11-19-24(22,23)15-7-8-16(18)12(2)9-15/h4-10,19H,3,11H2,1-2H3,(H,20,21). The normalized spacial score (nSPS) is 11.3. The second-order valence-corrected chi connectivity index (χ2v) is 7.10. The first-order valence-corrected chi connectivity index (χ1v) is 8.95. The van der Waals surface area contributed by atoms with Crippen LogP contribution in [0.3, 0.4) is 0 Å². The van der Waals surface area contributed by atoms with E-state index < -0.39 is 28.3 Å². The topological polar surface area (TPSA) is 75.3 Å². The van der Waals surface area contributed by atoms with Gasteiger partial charge in [0, 0.05) is 5.69 Å². The molecular weight excluding hydrogens is 331 g/mol. The van der Waals surface area contributed by atoms with Crippen LogP contribution in [0.1, 0.15) is 18.1 Å². The van der Waals surface area contributed by atoms with E-state index in [4.69, 9.17) is 0 Å². The molecule has 0 unspecified atom stereocenters. The highest BCUT2D eigenvalue weighted by molar-refractivity contribution is 7.89. The Balaban J connectivity index is 2.00. The van der Waals surface area contributed by atoms with E-state index in [-0.39, 0.29) is 10.5 Å². The second-order valence-electron chi connectivity index (χ2n) is 5.34. The van der Waals surface area contributed by atoms with Gasteiger partial charge >= 0.3 is 0 Å². The van der Waals surface area contributed by atoms with Crippen molar-refractivity contribution < 1.29 is 17.6 Å². The maximum Gasteiger partial charge on any atom is 0.241 e. The average Bonchev–Trinajstić information content (AvgIpc) is 2.55. The molecule has 5 nitrogen and oxygen atoms in total. The largest absolute Gasteiger partial charge is 0.325 e. The van der Waals surface area contributed by atoms with Gasteiger partial charge in [0.25, 0.3) is 0 Å². The van der Waals surface area contributed by atoms with E-state index in [0.717, 1.165) is 24.1 Å². The minimum atomic E-state index is -3.88. The van der Waals surface area contributed by atoms with E-state index in [1.807, 2.05) is 25.1 Å². The Morgan fingerprint density at radius 2 is 1.92 bits per heavy atom. The Morgan fingerprint density at radius 1 is 1.17 bits per heavy atom. The van der Waals surface area contributed by atoms with E-state index in [2.05, 4.69) is 10.0 Å². The second kappa shape index (κ2) is 7.55. The van der Waals surface area contributed by atoms with Crippen LogP contribution in [0.4, 0.5) is 10.1 Å². The fraction of sp³-hybridized carbons (Fsp3) is 0.235. The Morgan fingerprint density at radius 3 is 2.58 bits per heavy atom. The quantitative estimate of drug-likeness (QED) is 0.841.